The lowest BCUT2D eigenvalue weighted by Crippen LogP contribution is -2.20. The van der Waals surface area contributed by atoms with E-state index in [1.807, 2.05) is 12.1 Å². The number of amides is 1. The van der Waals surface area contributed by atoms with E-state index in [1.54, 1.807) is 6.07 Å². The molecule has 0 heterocycles. The average molecular weight is 268 g/mol. The third-order valence-corrected chi connectivity index (χ3v) is 3.44. The molecule has 1 aromatic carbocycles. The monoisotopic (exact) mass is 267 g/mol. The summed E-state index contributed by atoms with van der Waals surface area (Å²) < 4.78 is 0. The van der Waals surface area contributed by atoms with E-state index >= 15 is 0 Å². The topological polar surface area (TPSA) is 67.2 Å². The fourth-order valence-electron chi connectivity index (χ4n) is 2.28. The molecule has 2 atom stereocenters. The van der Waals surface area contributed by atoms with Crippen LogP contribution in [-0.2, 0) is 4.79 Å². The predicted octanol–water partition coefficient (Wildman–Crippen LogP) is 2.59. The third kappa shape index (κ3) is 3.37. The van der Waals surface area contributed by atoms with Gasteiger partial charge in [-0.2, -0.15) is 0 Å². The van der Waals surface area contributed by atoms with E-state index < -0.39 is 0 Å². The summed E-state index contributed by atoms with van der Waals surface area (Å²) in [4.78, 5) is 11.0. The largest absolute Gasteiger partial charge is 0.382 e. The zero-order valence-electron chi connectivity index (χ0n) is 10.4. The molecule has 5 heteroatoms. The first-order chi connectivity index (χ1) is 8.54. The van der Waals surface area contributed by atoms with E-state index in [1.165, 1.54) is 6.92 Å². The Kier molecular flexibility index (Phi) is 4.09. The minimum atomic E-state index is -0.126. The molecule has 1 fully saturated rings. The van der Waals surface area contributed by atoms with Crippen molar-refractivity contribution in [1.82, 2.24) is 0 Å². The van der Waals surface area contributed by atoms with Crippen LogP contribution in [0, 0.1) is 0 Å². The van der Waals surface area contributed by atoms with Gasteiger partial charge in [0, 0.05) is 24.7 Å². The highest BCUT2D eigenvalue weighted by Gasteiger charge is 2.21. The molecule has 18 heavy (non-hydrogen) atoms. The second kappa shape index (κ2) is 5.59. The molecule has 0 aliphatic heterocycles. The Morgan fingerprint density at radius 2 is 2.22 bits per heavy atom. The second-order valence-electron chi connectivity index (χ2n) is 4.79. The number of nitrogens with one attached hydrogen (secondary N) is 2. The highest BCUT2D eigenvalue weighted by Crippen LogP contribution is 2.28. The van der Waals surface area contributed by atoms with E-state index in [-0.39, 0.29) is 5.91 Å². The van der Waals surface area contributed by atoms with Crippen LogP contribution in [0.2, 0.25) is 5.02 Å². The number of nitrogens with two attached hydrogens (primary N) is 1. The molecule has 2 unspecified atom stereocenters. The van der Waals surface area contributed by atoms with Gasteiger partial charge in [-0.25, -0.2) is 0 Å². The van der Waals surface area contributed by atoms with Crippen molar-refractivity contribution in [1.29, 1.82) is 0 Å². The molecule has 1 aliphatic rings. The van der Waals surface area contributed by atoms with Crippen molar-refractivity contribution in [3.63, 3.8) is 0 Å². The summed E-state index contributed by atoms with van der Waals surface area (Å²) in [6, 6.07) is 6.28. The molecule has 0 radical (unpaired) electrons. The van der Waals surface area contributed by atoms with Gasteiger partial charge < -0.3 is 16.4 Å². The molecule has 1 saturated carbocycles. The van der Waals surface area contributed by atoms with Crippen molar-refractivity contribution in [2.75, 3.05) is 10.6 Å². The van der Waals surface area contributed by atoms with Crippen LogP contribution in [0.15, 0.2) is 18.2 Å². The molecular formula is C13H18ClN3O. The van der Waals surface area contributed by atoms with E-state index in [0.717, 1.165) is 24.9 Å². The molecule has 4 N–H and O–H groups in total. The molecule has 1 amide bonds. The van der Waals surface area contributed by atoms with Crippen molar-refractivity contribution in [3.8, 4) is 0 Å². The van der Waals surface area contributed by atoms with Crippen LogP contribution >= 0.6 is 11.6 Å². The Balaban J connectivity index is 2.02. The highest BCUT2D eigenvalue weighted by atomic mass is 35.5. The van der Waals surface area contributed by atoms with E-state index in [0.29, 0.717) is 22.8 Å². The van der Waals surface area contributed by atoms with Crippen molar-refractivity contribution < 1.29 is 4.79 Å². The van der Waals surface area contributed by atoms with Gasteiger partial charge in [0.15, 0.2) is 0 Å². The number of hydrogen-bond acceptors (Lipinski definition) is 3. The molecular weight excluding hydrogens is 250 g/mol. The lowest BCUT2D eigenvalue weighted by molar-refractivity contribution is -0.114. The Morgan fingerprint density at radius 1 is 1.44 bits per heavy atom. The molecule has 1 aliphatic carbocycles. The smallest absolute Gasteiger partial charge is 0.221 e. The van der Waals surface area contributed by atoms with E-state index in [2.05, 4.69) is 10.6 Å². The van der Waals surface area contributed by atoms with Gasteiger partial charge in [-0.05, 0) is 37.5 Å². The summed E-state index contributed by atoms with van der Waals surface area (Å²) in [7, 11) is 0. The number of hydrogen-bond donors (Lipinski definition) is 3. The van der Waals surface area contributed by atoms with Gasteiger partial charge in [0.2, 0.25) is 5.91 Å². The van der Waals surface area contributed by atoms with Crippen LogP contribution < -0.4 is 16.4 Å². The highest BCUT2D eigenvalue weighted by molar-refractivity contribution is 6.34. The lowest BCUT2D eigenvalue weighted by atomic mass is 10.2. The number of carbonyl (C=O) groups is 1. The van der Waals surface area contributed by atoms with Crippen molar-refractivity contribution >= 4 is 28.9 Å². The van der Waals surface area contributed by atoms with Gasteiger partial charge in [-0.15, -0.1) is 0 Å². The van der Waals surface area contributed by atoms with Gasteiger partial charge in [-0.1, -0.05) is 11.6 Å². The standard InChI is InChI=1S/C13H18ClN3O/c1-8(18)16-13-5-4-11(7-12(13)14)17-10-3-2-9(15)6-10/h4-5,7,9-10,17H,2-3,6,15H2,1H3,(H,16,18). The maximum atomic E-state index is 11.0. The van der Waals surface area contributed by atoms with Gasteiger partial charge >= 0.3 is 0 Å². The Labute approximate surface area is 112 Å². The van der Waals surface area contributed by atoms with Crippen molar-refractivity contribution in [2.24, 2.45) is 5.73 Å². The fraction of sp³-hybridized carbons (Fsp3) is 0.462. The number of rotatable bonds is 3. The van der Waals surface area contributed by atoms with E-state index in [4.69, 9.17) is 17.3 Å². The minimum Gasteiger partial charge on any atom is -0.382 e. The van der Waals surface area contributed by atoms with Crippen LogP contribution in [0.3, 0.4) is 0 Å². The fourth-order valence-corrected chi connectivity index (χ4v) is 2.51. The Morgan fingerprint density at radius 3 is 2.78 bits per heavy atom. The zero-order valence-corrected chi connectivity index (χ0v) is 11.1. The summed E-state index contributed by atoms with van der Waals surface area (Å²) in [6.07, 6.45) is 3.15. The number of benzene rings is 1. The van der Waals surface area contributed by atoms with Crippen LogP contribution in [0.1, 0.15) is 26.2 Å². The minimum absolute atomic E-state index is 0.126. The van der Waals surface area contributed by atoms with Crippen molar-refractivity contribution in [2.45, 2.75) is 38.3 Å². The molecule has 0 aromatic heterocycles. The van der Waals surface area contributed by atoms with Gasteiger partial charge in [0.25, 0.3) is 0 Å². The summed E-state index contributed by atoms with van der Waals surface area (Å²) in [5.74, 6) is -0.126. The van der Waals surface area contributed by atoms with Crippen molar-refractivity contribution in [3.05, 3.63) is 23.2 Å². The number of halogens is 1. The average Bonchev–Trinajstić information content (AvgIpc) is 2.68. The number of carbonyl (C=O) groups excluding carboxylic acids is 1. The first-order valence-electron chi connectivity index (χ1n) is 6.14. The van der Waals surface area contributed by atoms with Gasteiger partial charge in [0.1, 0.15) is 0 Å². The van der Waals surface area contributed by atoms with Crippen LogP contribution in [0.5, 0.6) is 0 Å². The van der Waals surface area contributed by atoms with Crippen LogP contribution in [0.4, 0.5) is 11.4 Å². The van der Waals surface area contributed by atoms with Crippen LogP contribution in [0.25, 0.3) is 0 Å². The zero-order chi connectivity index (χ0) is 13.1. The second-order valence-corrected chi connectivity index (χ2v) is 5.20. The molecule has 0 bridgehead atoms. The predicted molar refractivity (Wildman–Crippen MR) is 75.0 cm³/mol. The SMILES string of the molecule is CC(=O)Nc1ccc(NC2CCC(N)C2)cc1Cl. The van der Waals surface area contributed by atoms with Gasteiger partial charge in [-0.3, -0.25) is 4.79 Å². The molecule has 1 aromatic rings. The molecule has 4 nitrogen and oxygen atoms in total. The molecule has 0 spiro atoms. The molecule has 98 valence electrons. The van der Waals surface area contributed by atoms with Crippen LogP contribution in [-0.4, -0.2) is 18.0 Å². The first kappa shape index (κ1) is 13.2. The summed E-state index contributed by atoms with van der Waals surface area (Å²) >= 11 is 6.11. The quantitative estimate of drug-likeness (QED) is 0.789. The summed E-state index contributed by atoms with van der Waals surface area (Å²) in [6.45, 7) is 1.46. The summed E-state index contributed by atoms with van der Waals surface area (Å²) in [5.41, 5.74) is 7.48. The maximum Gasteiger partial charge on any atom is 0.221 e. The number of anilines is 2. The lowest BCUT2D eigenvalue weighted by Gasteiger charge is -2.15. The maximum absolute atomic E-state index is 11.0. The first-order valence-corrected chi connectivity index (χ1v) is 6.51. The Hall–Kier alpha value is -1.26. The molecule has 0 saturated heterocycles. The van der Waals surface area contributed by atoms with Gasteiger partial charge in [0.05, 0.1) is 10.7 Å². The Bertz CT molecular complexity index is 450. The van der Waals surface area contributed by atoms with E-state index in [9.17, 15) is 4.79 Å². The summed E-state index contributed by atoms with van der Waals surface area (Å²) in [5, 5.41) is 6.64. The third-order valence-electron chi connectivity index (χ3n) is 3.12. The normalized spacial score (nSPS) is 22.8. The molecule has 2 rings (SSSR count).